The predicted molar refractivity (Wildman–Crippen MR) is 103 cm³/mol. The summed E-state index contributed by atoms with van der Waals surface area (Å²) in [7, 11) is -1.49. The minimum absolute atomic E-state index is 0.124. The number of sulfonamides is 1. The Labute approximate surface area is 158 Å². The SMILES string of the molecule is CCC[C@@H]1CN(C(=O)c2cc(-c3cccs3)n(C)n2)C[C@H]1NS(C)(=O)=O. The summed E-state index contributed by atoms with van der Waals surface area (Å²) in [6.45, 7) is 2.99. The number of aryl methyl sites for hydroxylation is 1. The molecule has 1 N–H and O–H groups in total. The second-order valence-electron chi connectivity index (χ2n) is 6.77. The Balaban J connectivity index is 1.79. The third kappa shape index (κ3) is 4.16. The topological polar surface area (TPSA) is 84.3 Å². The molecule has 7 nitrogen and oxygen atoms in total. The van der Waals surface area contributed by atoms with Crippen molar-refractivity contribution in [3.8, 4) is 10.6 Å². The van der Waals surface area contributed by atoms with Gasteiger partial charge in [0.25, 0.3) is 5.91 Å². The number of amides is 1. The number of carbonyl (C=O) groups is 1. The van der Waals surface area contributed by atoms with Crippen molar-refractivity contribution in [1.29, 1.82) is 0 Å². The maximum Gasteiger partial charge on any atom is 0.274 e. The Morgan fingerprint density at radius 1 is 1.42 bits per heavy atom. The summed E-state index contributed by atoms with van der Waals surface area (Å²) in [4.78, 5) is 15.7. The van der Waals surface area contributed by atoms with Crippen molar-refractivity contribution < 1.29 is 13.2 Å². The van der Waals surface area contributed by atoms with Gasteiger partial charge in [-0.25, -0.2) is 13.1 Å². The minimum atomic E-state index is -3.31. The van der Waals surface area contributed by atoms with E-state index >= 15 is 0 Å². The van der Waals surface area contributed by atoms with Crippen LogP contribution in [0.1, 0.15) is 30.3 Å². The molecule has 0 bridgehead atoms. The van der Waals surface area contributed by atoms with Gasteiger partial charge in [0.15, 0.2) is 5.69 Å². The van der Waals surface area contributed by atoms with Gasteiger partial charge in [-0.15, -0.1) is 11.3 Å². The van der Waals surface area contributed by atoms with E-state index in [4.69, 9.17) is 0 Å². The van der Waals surface area contributed by atoms with Gasteiger partial charge in [-0.1, -0.05) is 19.4 Å². The number of rotatable bonds is 6. The fourth-order valence-electron chi connectivity index (χ4n) is 3.50. The number of carbonyl (C=O) groups excluding carboxylic acids is 1. The van der Waals surface area contributed by atoms with Crippen LogP contribution in [0.2, 0.25) is 0 Å². The molecule has 0 aliphatic carbocycles. The van der Waals surface area contributed by atoms with Gasteiger partial charge in [-0.2, -0.15) is 5.10 Å². The van der Waals surface area contributed by atoms with Crippen molar-refractivity contribution in [1.82, 2.24) is 19.4 Å². The Kier molecular flexibility index (Phi) is 5.50. The summed E-state index contributed by atoms with van der Waals surface area (Å²) < 4.78 is 27.7. The molecule has 0 radical (unpaired) electrons. The van der Waals surface area contributed by atoms with Crippen LogP contribution in [0.4, 0.5) is 0 Å². The largest absolute Gasteiger partial charge is 0.335 e. The molecule has 2 atom stereocenters. The molecule has 1 amide bonds. The first-order valence-corrected chi connectivity index (χ1v) is 11.4. The lowest BCUT2D eigenvalue weighted by Gasteiger charge is -2.17. The number of hydrogen-bond donors (Lipinski definition) is 1. The molecule has 2 aromatic heterocycles. The number of nitrogens with one attached hydrogen (secondary N) is 1. The first kappa shape index (κ1) is 19.1. The maximum atomic E-state index is 12.9. The lowest BCUT2D eigenvalue weighted by atomic mass is 9.99. The molecule has 1 saturated heterocycles. The van der Waals surface area contributed by atoms with Gasteiger partial charge in [0, 0.05) is 26.2 Å². The third-order valence-electron chi connectivity index (χ3n) is 4.63. The zero-order chi connectivity index (χ0) is 18.9. The van der Waals surface area contributed by atoms with Gasteiger partial charge in [0.1, 0.15) is 0 Å². The molecule has 3 rings (SSSR count). The summed E-state index contributed by atoms with van der Waals surface area (Å²) >= 11 is 1.60. The van der Waals surface area contributed by atoms with Crippen LogP contribution in [-0.4, -0.2) is 54.4 Å². The molecule has 1 aliphatic heterocycles. The minimum Gasteiger partial charge on any atom is -0.335 e. The standard InChI is InChI=1S/C17H24N4O3S2/c1-4-6-12-10-21(11-14(12)19-26(3,23)24)17(22)13-9-15(20(2)18-13)16-7-5-8-25-16/h5,7-9,12,14,19H,4,6,10-11H2,1-3H3/t12-,14-/m1/s1. The van der Waals surface area contributed by atoms with E-state index in [2.05, 4.69) is 16.7 Å². The van der Waals surface area contributed by atoms with Crippen molar-refractivity contribution in [3.63, 3.8) is 0 Å². The van der Waals surface area contributed by atoms with E-state index in [1.54, 1.807) is 27.0 Å². The summed E-state index contributed by atoms with van der Waals surface area (Å²) in [5.41, 5.74) is 1.30. The average molecular weight is 397 g/mol. The monoisotopic (exact) mass is 396 g/mol. The van der Waals surface area contributed by atoms with Crippen molar-refractivity contribution in [2.75, 3.05) is 19.3 Å². The summed E-state index contributed by atoms with van der Waals surface area (Å²) in [5, 5.41) is 6.36. The Hall–Kier alpha value is -1.71. The Morgan fingerprint density at radius 2 is 2.19 bits per heavy atom. The second-order valence-corrected chi connectivity index (χ2v) is 9.50. The van der Waals surface area contributed by atoms with Gasteiger partial charge < -0.3 is 4.90 Å². The van der Waals surface area contributed by atoms with Crippen LogP contribution in [0, 0.1) is 5.92 Å². The van der Waals surface area contributed by atoms with E-state index in [1.165, 1.54) is 0 Å². The zero-order valence-corrected chi connectivity index (χ0v) is 16.8. The summed E-state index contributed by atoms with van der Waals surface area (Å²) in [6.07, 6.45) is 2.98. The highest BCUT2D eigenvalue weighted by Gasteiger charge is 2.37. The van der Waals surface area contributed by atoms with Crippen LogP contribution in [0.25, 0.3) is 10.6 Å². The number of likely N-dealkylation sites (tertiary alicyclic amines) is 1. The van der Waals surface area contributed by atoms with Crippen LogP contribution >= 0.6 is 11.3 Å². The van der Waals surface area contributed by atoms with Crippen molar-refractivity contribution in [3.05, 3.63) is 29.3 Å². The van der Waals surface area contributed by atoms with E-state index < -0.39 is 10.0 Å². The first-order chi connectivity index (χ1) is 12.3. The molecule has 0 aromatic carbocycles. The highest BCUT2D eigenvalue weighted by Crippen LogP contribution is 2.27. The van der Waals surface area contributed by atoms with Crippen molar-refractivity contribution >= 4 is 27.3 Å². The Morgan fingerprint density at radius 3 is 2.81 bits per heavy atom. The third-order valence-corrected chi connectivity index (χ3v) is 6.25. The lowest BCUT2D eigenvalue weighted by molar-refractivity contribution is 0.0778. The smallest absolute Gasteiger partial charge is 0.274 e. The van der Waals surface area contributed by atoms with Crippen molar-refractivity contribution in [2.24, 2.45) is 13.0 Å². The predicted octanol–water partition coefficient (Wildman–Crippen LogP) is 1.94. The number of thiophene rings is 1. The van der Waals surface area contributed by atoms with E-state index in [-0.39, 0.29) is 17.9 Å². The van der Waals surface area contributed by atoms with E-state index in [9.17, 15) is 13.2 Å². The Bertz CT molecular complexity index is 874. The molecule has 0 saturated carbocycles. The molecule has 1 aliphatic rings. The van der Waals surface area contributed by atoms with E-state index in [0.717, 1.165) is 29.7 Å². The molecule has 1 fully saturated rings. The van der Waals surface area contributed by atoms with Gasteiger partial charge in [-0.05, 0) is 29.9 Å². The molecule has 0 unspecified atom stereocenters. The highest BCUT2D eigenvalue weighted by atomic mass is 32.2. The first-order valence-electron chi connectivity index (χ1n) is 8.63. The number of aromatic nitrogens is 2. The zero-order valence-electron chi connectivity index (χ0n) is 15.2. The quantitative estimate of drug-likeness (QED) is 0.809. The molecular formula is C17H24N4O3S2. The van der Waals surface area contributed by atoms with Crippen LogP contribution in [0.5, 0.6) is 0 Å². The molecule has 3 heterocycles. The van der Waals surface area contributed by atoms with Gasteiger partial charge >= 0.3 is 0 Å². The molecule has 142 valence electrons. The van der Waals surface area contributed by atoms with Crippen molar-refractivity contribution in [2.45, 2.75) is 25.8 Å². The fraction of sp³-hybridized carbons (Fsp3) is 0.529. The fourth-order valence-corrected chi connectivity index (χ4v) is 5.09. The summed E-state index contributed by atoms with van der Waals surface area (Å²) in [5.74, 6) is -0.0264. The summed E-state index contributed by atoms with van der Waals surface area (Å²) in [6, 6.07) is 5.52. The van der Waals surface area contributed by atoms with Crippen LogP contribution in [0.3, 0.4) is 0 Å². The van der Waals surface area contributed by atoms with Gasteiger partial charge in [0.2, 0.25) is 10.0 Å². The molecule has 26 heavy (non-hydrogen) atoms. The van der Waals surface area contributed by atoms with Crippen LogP contribution in [0.15, 0.2) is 23.6 Å². The van der Waals surface area contributed by atoms with Crippen LogP contribution in [-0.2, 0) is 17.1 Å². The van der Waals surface area contributed by atoms with E-state index in [1.807, 2.05) is 24.6 Å². The highest BCUT2D eigenvalue weighted by molar-refractivity contribution is 7.88. The normalized spacial score (nSPS) is 20.7. The average Bonchev–Trinajstić information content (AvgIpc) is 3.26. The van der Waals surface area contributed by atoms with Gasteiger partial charge in [0.05, 0.1) is 16.8 Å². The van der Waals surface area contributed by atoms with E-state index in [0.29, 0.717) is 18.8 Å². The second kappa shape index (κ2) is 7.50. The number of nitrogens with zero attached hydrogens (tertiary/aromatic N) is 3. The number of hydrogen-bond acceptors (Lipinski definition) is 5. The molecule has 2 aromatic rings. The van der Waals surface area contributed by atoms with Crippen LogP contribution < -0.4 is 4.72 Å². The molecular weight excluding hydrogens is 372 g/mol. The molecule has 0 spiro atoms. The van der Waals surface area contributed by atoms with Gasteiger partial charge in [-0.3, -0.25) is 9.48 Å². The molecule has 9 heteroatoms. The lowest BCUT2D eigenvalue weighted by Crippen LogP contribution is -2.40. The maximum absolute atomic E-state index is 12.9.